The lowest BCUT2D eigenvalue weighted by atomic mass is 10.1. The minimum Gasteiger partial charge on any atom is -0.394 e. The summed E-state index contributed by atoms with van der Waals surface area (Å²) in [5.74, 6) is 1.77. The number of rotatable bonds is 13. The van der Waals surface area contributed by atoms with Crippen LogP contribution in [0.5, 0.6) is 0 Å². The number of pyridine rings is 1. The van der Waals surface area contributed by atoms with Gasteiger partial charge in [-0.25, -0.2) is 9.97 Å². The third-order valence-corrected chi connectivity index (χ3v) is 7.42. The van der Waals surface area contributed by atoms with Crippen LogP contribution in [0.25, 0.3) is 11.2 Å². The van der Waals surface area contributed by atoms with Gasteiger partial charge in [-0.2, -0.15) is 9.97 Å². The molecule has 0 radical (unpaired) electrons. The van der Waals surface area contributed by atoms with Gasteiger partial charge in [0.25, 0.3) is 0 Å². The maximum Gasteiger partial charge on any atom is 0.226 e. The lowest BCUT2D eigenvalue weighted by Gasteiger charge is -2.19. The summed E-state index contributed by atoms with van der Waals surface area (Å²) in [6, 6.07) is 16.8. The van der Waals surface area contributed by atoms with E-state index in [2.05, 4.69) is 36.1 Å². The standard InChI is InChI=1S/C30H35N9O5/c1-2-19-15-21(44-38-19)26-24(41)25(42)29(43-26)39-17-34-23-27(35-20(16-40)14-18-8-4-3-5-9-18)36-30(37-28(23)39)33-13-12-32-22-10-6-7-11-31-22/h3-11,15,17,20,24-26,29,40-42H,2,12-14,16H2,1H3,(H,31,32)(H2,33,35,36,37). The van der Waals surface area contributed by atoms with Gasteiger partial charge in [0.1, 0.15) is 24.1 Å². The number of hydrogen-bond donors (Lipinski definition) is 6. The number of anilines is 3. The highest BCUT2D eigenvalue weighted by Gasteiger charge is 2.47. The molecule has 5 heterocycles. The Hall–Kier alpha value is -4.63. The van der Waals surface area contributed by atoms with Gasteiger partial charge >= 0.3 is 0 Å². The summed E-state index contributed by atoms with van der Waals surface area (Å²) < 4.78 is 13.1. The minimum absolute atomic E-state index is 0.146. The van der Waals surface area contributed by atoms with Crippen molar-refractivity contribution >= 4 is 28.7 Å². The van der Waals surface area contributed by atoms with E-state index < -0.39 is 24.5 Å². The number of aliphatic hydroxyl groups is 3. The first-order valence-corrected chi connectivity index (χ1v) is 14.6. The molecular formula is C30H35N9O5. The maximum atomic E-state index is 11.0. The lowest BCUT2D eigenvalue weighted by molar-refractivity contribution is -0.0434. The van der Waals surface area contributed by atoms with Gasteiger partial charge in [-0.1, -0.05) is 48.5 Å². The van der Waals surface area contributed by atoms with Gasteiger partial charge in [-0.05, 0) is 30.5 Å². The summed E-state index contributed by atoms with van der Waals surface area (Å²) in [6.45, 7) is 2.81. The molecule has 44 heavy (non-hydrogen) atoms. The number of benzene rings is 1. The second-order valence-corrected chi connectivity index (χ2v) is 10.5. The Morgan fingerprint density at radius 1 is 0.977 bits per heavy atom. The fourth-order valence-corrected chi connectivity index (χ4v) is 5.12. The average Bonchev–Trinajstić information content (AvgIpc) is 3.78. The van der Waals surface area contributed by atoms with Crippen LogP contribution in [0, 0.1) is 0 Å². The summed E-state index contributed by atoms with van der Waals surface area (Å²) in [6.07, 6.45) is -0.114. The second kappa shape index (κ2) is 13.3. The molecule has 0 bridgehead atoms. The zero-order valence-corrected chi connectivity index (χ0v) is 24.1. The zero-order chi connectivity index (χ0) is 30.5. The first-order chi connectivity index (χ1) is 21.5. The first kappa shape index (κ1) is 29.4. The number of imidazole rings is 1. The van der Waals surface area contributed by atoms with Crippen molar-refractivity contribution in [3.63, 3.8) is 0 Å². The fourth-order valence-electron chi connectivity index (χ4n) is 5.12. The topological polar surface area (TPSA) is 189 Å². The molecule has 5 aromatic rings. The van der Waals surface area contributed by atoms with Gasteiger partial charge in [0.2, 0.25) is 5.95 Å². The zero-order valence-electron chi connectivity index (χ0n) is 24.1. The number of fused-ring (bicyclic) bond motifs is 1. The second-order valence-electron chi connectivity index (χ2n) is 10.5. The molecule has 6 rings (SSSR count). The molecule has 0 saturated carbocycles. The van der Waals surface area contributed by atoms with E-state index in [0.29, 0.717) is 60.3 Å². The van der Waals surface area contributed by atoms with Gasteiger partial charge in [0, 0.05) is 25.4 Å². The molecule has 5 unspecified atom stereocenters. The van der Waals surface area contributed by atoms with Crippen LogP contribution in [-0.4, -0.2) is 82.9 Å². The summed E-state index contributed by atoms with van der Waals surface area (Å²) >= 11 is 0. The molecule has 5 atom stereocenters. The Kier molecular flexibility index (Phi) is 8.93. The number of nitrogens with one attached hydrogen (secondary N) is 3. The molecule has 14 nitrogen and oxygen atoms in total. The van der Waals surface area contributed by atoms with Crippen molar-refractivity contribution in [3.8, 4) is 0 Å². The Morgan fingerprint density at radius 3 is 2.55 bits per heavy atom. The summed E-state index contributed by atoms with van der Waals surface area (Å²) in [4.78, 5) is 18.2. The predicted octanol–water partition coefficient (Wildman–Crippen LogP) is 2.30. The van der Waals surface area contributed by atoms with E-state index in [9.17, 15) is 15.3 Å². The fraction of sp³-hybridized carbons (Fsp3) is 0.367. The van der Waals surface area contributed by atoms with Crippen LogP contribution in [0.1, 0.15) is 36.3 Å². The molecule has 4 aromatic heterocycles. The van der Waals surface area contributed by atoms with Crippen LogP contribution >= 0.6 is 0 Å². The molecule has 1 aliphatic rings. The molecule has 0 amide bonds. The van der Waals surface area contributed by atoms with Crippen LogP contribution in [-0.2, 0) is 17.6 Å². The quantitative estimate of drug-likeness (QED) is 0.108. The number of aryl methyl sites for hydroxylation is 1. The van der Waals surface area contributed by atoms with E-state index in [0.717, 1.165) is 11.4 Å². The number of hydrogen-bond acceptors (Lipinski definition) is 13. The van der Waals surface area contributed by atoms with Gasteiger partial charge in [-0.3, -0.25) is 4.57 Å². The van der Waals surface area contributed by atoms with Crippen molar-refractivity contribution < 1.29 is 24.6 Å². The molecule has 230 valence electrons. The third-order valence-electron chi connectivity index (χ3n) is 7.42. The maximum absolute atomic E-state index is 11.0. The van der Waals surface area contributed by atoms with E-state index in [-0.39, 0.29) is 12.6 Å². The highest BCUT2D eigenvalue weighted by atomic mass is 16.6. The summed E-state index contributed by atoms with van der Waals surface area (Å²) in [5, 5.41) is 45.9. The summed E-state index contributed by atoms with van der Waals surface area (Å²) in [7, 11) is 0. The Labute approximate surface area is 253 Å². The minimum atomic E-state index is -1.30. The van der Waals surface area contributed by atoms with Gasteiger partial charge in [-0.15, -0.1) is 0 Å². The van der Waals surface area contributed by atoms with Crippen molar-refractivity contribution in [2.45, 2.75) is 50.3 Å². The number of ether oxygens (including phenoxy) is 1. The Bertz CT molecular complexity index is 1650. The van der Waals surface area contributed by atoms with E-state index in [4.69, 9.17) is 14.2 Å². The van der Waals surface area contributed by atoms with Crippen molar-refractivity contribution in [2.24, 2.45) is 0 Å². The Balaban J connectivity index is 1.28. The largest absolute Gasteiger partial charge is 0.394 e. The number of aliphatic hydroxyl groups excluding tert-OH is 3. The van der Waals surface area contributed by atoms with Crippen molar-refractivity contribution in [1.82, 2.24) is 29.7 Å². The molecule has 0 spiro atoms. The van der Waals surface area contributed by atoms with E-state index >= 15 is 0 Å². The smallest absolute Gasteiger partial charge is 0.226 e. The SMILES string of the molecule is CCc1cc(C2OC(n3cnc4c(NC(CO)Cc5ccccc5)nc(NCCNc5ccccn5)nc43)C(O)C2O)on1. The van der Waals surface area contributed by atoms with Crippen LogP contribution < -0.4 is 16.0 Å². The van der Waals surface area contributed by atoms with Crippen LogP contribution in [0.4, 0.5) is 17.6 Å². The normalized spacial score (nSPS) is 20.5. The molecule has 6 N–H and O–H groups in total. The molecule has 0 aliphatic carbocycles. The number of nitrogens with zero attached hydrogens (tertiary/aromatic N) is 6. The van der Waals surface area contributed by atoms with E-state index in [1.807, 2.05) is 55.5 Å². The number of aromatic nitrogens is 6. The van der Waals surface area contributed by atoms with Crippen molar-refractivity contribution in [3.05, 3.63) is 84.1 Å². The molecule has 1 aromatic carbocycles. The van der Waals surface area contributed by atoms with Gasteiger partial charge in [0.05, 0.1) is 24.7 Å². The predicted molar refractivity (Wildman–Crippen MR) is 162 cm³/mol. The molecule has 14 heteroatoms. The van der Waals surface area contributed by atoms with Gasteiger partial charge < -0.3 is 40.5 Å². The highest BCUT2D eigenvalue weighted by molar-refractivity contribution is 5.84. The average molecular weight is 602 g/mol. The van der Waals surface area contributed by atoms with E-state index in [1.54, 1.807) is 16.8 Å². The summed E-state index contributed by atoms with van der Waals surface area (Å²) in [5.41, 5.74) is 2.54. The van der Waals surface area contributed by atoms with Crippen LogP contribution in [0.15, 0.2) is 71.6 Å². The lowest BCUT2D eigenvalue weighted by Crippen LogP contribution is -2.29. The molecule has 1 saturated heterocycles. The molecule has 1 aliphatic heterocycles. The monoisotopic (exact) mass is 601 g/mol. The highest BCUT2D eigenvalue weighted by Crippen LogP contribution is 2.40. The van der Waals surface area contributed by atoms with Crippen LogP contribution in [0.2, 0.25) is 0 Å². The molecule has 1 fully saturated rings. The van der Waals surface area contributed by atoms with E-state index in [1.165, 1.54) is 6.33 Å². The van der Waals surface area contributed by atoms with Crippen molar-refractivity contribution in [1.29, 1.82) is 0 Å². The van der Waals surface area contributed by atoms with Crippen LogP contribution in [0.3, 0.4) is 0 Å². The van der Waals surface area contributed by atoms with Gasteiger partial charge in [0.15, 0.2) is 29.0 Å². The first-order valence-electron chi connectivity index (χ1n) is 14.6. The third kappa shape index (κ3) is 6.33. The molecular weight excluding hydrogens is 566 g/mol. The van der Waals surface area contributed by atoms with Crippen molar-refractivity contribution in [2.75, 3.05) is 35.6 Å². The Morgan fingerprint density at radius 2 is 1.80 bits per heavy atom.